The Balaban J connectivity index is 0.00000338. The van der Waals surface area contributed by atoms with Crippen molar-refractivity contribution in [3.63, 3.8) is 0 Å². The van der Waals surface area contributed by atoms with Crippen molar-refractivity contribution in [1.29, 1.82) is 0 Å². The normalized spacial score (nSPS) is 13.5. The molecule has 0 N–H and O–H groups in total. The summed E-state index contributed by atoms with van der Waals surface area (Å²) >= 11 is 1.83. The summed E-state index contributed by atoms with van der Waals surface area (Å²) in [5, 5.41) is 4.78. The van der Waals surface area contributed by atoms with E-state index in [0.717, 1.165) is 27.9 Å². The Labute approximate surface area is 288 Å². The van der Waals surface area contributed by atoms with Gasteiger partial charge in [0.05, 0.1) is 5.52 Å². The van der Waals surface area contributed by atoms with Crippen molar-refractivity contribution in [2.75, 3.05) is 4.90 Å². The first-order chi connectivity index (χ1) is 21.7. The van der Waals surface area contributed by atoms with Crippen molar-refractivity contribution in [3.8, 4) is 17.3 Å². The van der Waals surface area contributed by atoms with Crippen LogP contribution in [0.2, 0.25) is 0 Å². The van der Waals surface area contributed by atoms with Crippen molar-refractivity contribution >= 4 is 59.0 Å². The fraction of sp³-hybridized carbons (Fsp3) is 0.179. The largest absolute Gasteiger partial charge is 0.509 e. The minimum atomic E-state index is -0.0200. The molecule has 0 unspecified atom stereocenters. The van der Waals surface area contributed by atoms with Gasteiger partial charge in [-0.25, -0.2) is 4.98 Å². The van der Waals surface area contributed by atoms with Gasteiger partial charge in [-0.2, -0.15) is 18.8 Å². The molecule has 1 aliphatic rings. The molecule has 0 atom stereocenters. The molecule has 0 radical (unpaired) electrons. The summed E-state index contributed by atoms with van der Waals surface area (Å²) < 4.78 is 11.3. The third-order valence-corrected chi connectivity index (χ3v) is 9.63. The van der Waals surface area contributed by atoms with Gasteiger partial charge in [0.15, 0.2) is 0 Å². The fourth-order valence-corrected chi connectivity index (χ4v) is 7.20. The van der Waals surface area contributed by atoms with E-state index in [2.05, 4.69) is 129 Å². The molecular weight excluding hydrogens is 768 g/mol. The Morgan fingerprint density at radius 2 is 1.63 bits per heavy atom. The second kappa shape index (κ2) is 11.6. The Morgan fingerprint density at radius 1 is 0.826 bits per heavy atom. The van der Waals surface area contributed by atoms with Crippen molar-refractivity contribution in [2.45, 2.75) is 46.1 Å². The molecule has 0 aliphatic carbocycles. The minimum Gasteiger partial charge on any atom is -0.509 e. The average molecular weight is 801 g/mol. The van der Waals surface area contributed by atoms with Crippen LogP contribution < -0.4 is 9.64 Å². The van der Waals surface area contributed by atoms with Gasteiger partial charge in [0.1, 0.15) is 5.82 Å². The number of fused-ring (bicyclic) bond motifs is 7. The van der Waals surface area contributed by atoms with Gasteiger partial charge >= 0.3 is 0 Å². The molecule has 46 heavy (non-hydrogen) atoms. The Hall–Kier alpha value is -4.12. The standard InChI is InChI=1S/C39H33N4OS.Pt/c1-25(2)41-19-20-42(24-41)27-9-8-10-28(22-27)44-29-13-14-30-31-15-16-35-37(32-11-6-7-12-34(32)45-35)38(31)43(33(30)23-29)36-21-26(17-18-40-36)39(3,4)5;/h6-21,24-25H,1-5H3;/q-3;. The first kappa shape index (κ1) is 30.5. The van der Waals surface area contributed by atoms with Crippen molar-refractivity contribution < 1.29 is 25.8 Å². The maximum absolute atomic E-state index is 6.45. The number of rotatable bonds is 5. The quantitative estimate of drug-likeness (QED) is 0.162. The molecule has 7 aromatic rings. The second-order valence-electron chi connectivity index (χ2n) is 12.9. The van der Waals surface area contributed by atoms with E-state index in [4.69, 9.17) is 9.72 Å². The van der Waals surface area contributed by atoms with Crippen LogP contribution in [0.15, 0.2) is 97.5 Å². The molecule has 234 valence electrons. The number of pyridine rings is 1. The van der Waals surface area contributed by atoms with Crippen LogP contribution in [0.25, 0.3) is 47.8 Å². The van der Waals surface area contributed by atoms with Crippen LogP contribution in [0.1, 0.15) is 40.2 Å². The number of benzene rings is 4. The Morgan fingerprint density at radius 3 is 2.43 bits per heavy atom. The smallest absolute Gasteiger partial charge is 0.135 e. The third kappa shape index (κ3) is 5.18. The molecule has 3 aromatic heterocycles. The number of ether oxygens (including phenoxy) is 1. The monoisotopic (exact) mass is 800 g/mol. The number of anilines is 1. The zero-order chi connectivity index (χ0) is 30.9. The summed E-state index contributed by atoms with van der Waals surface area (Å²) in [5.41, 5.74) is 4.20. The summed E-state index contributed by atoms with van der Waals surface area (Å²) in [4.78, 5) is 9.16. The van der Waals surface area contributed by atoms with Crippen LogP contribution in [0.3, 0.4) is 0 Å². The van der Waals surface area contributed by atoms with Gasteiger partial charge < -0.3 is 19.1 Å². The average Bonchev–Trinajstić information content (AvgIpc) is 3.75. The molecule has 4 heterocycles. The maximum atomic E-state index is 6.45. The summed E-state index contributed by atoms with van der Waals surface area (Å²) in [6, 6.07) is 35.1. The van der Waals surface area contributed by atoms with E-state index >= 15 is 0 Å². The van der Waals surface area contributed by atoms with Gasteiger partial charge in [0.25, 0.3) is 0 Å². The molecule has 5 nitrogen and oxygen atoms in total. The topological polar surface area (TPSA) is 33.5 Å². The third-order valence-electron chi connectivity index (χ3n) is 8.50. The molecule has 0 spiro atoms. The van der Waals surface area contributed by atoms with E-state index in [1.54, 1.807) is 0 Å². The molecule has 4 aromatic carbocycles. The molecule has 0 amide bonds. The molecule has 0 saturated carbocycles. The first-order valence-corrected chi connectivity index (χ1v) is 16.1. The first-order valence-electron chi connectivity index (χ1n) is 15.3. The Kier molecular flexibility index (Phi) is 7.69. The SMILES string of the molecule is CC(C)N1C=CN(c2[c-]c(Oc3[c-]c4c(cc3)c3ccc5sc6ccccc6c5c3n4-c3cc(C(C)(C)C)ccn3)ccc2)[CH-]1.[Pt]. The summed E-state index contributed by atoms with van der Waals surface area (Å²) in [6.07, 6.45) is 6.03. The zero-order valence-corrected chi connectivity index (χ0v) is 29.4. The molecule has 7 heteroatoms. The summed E-state index contributed by atoms with van der Waals surface area (Å²) in [6.45, 7) is 13.1. The van der Waals surface area contributed by atoms with Crippen molar-refractivity contribution in [2.24, 2.45) is 0 Å². The van der Waals surface area contributed by atoms with Crippen LogP contribution in [-0.2, 0) is 26.5 Å². The number of hydrogen-bond donors (Lipinski definition) is 0. The molecular formula is C39H33N4OPtS-3. The van der Waals surface area contributed by atoms with E-state index in [1.807, 2.05) is 48.0 Å². The van der Waals surface area contributed by atoms with E-state index < -0.39 is 0 Å². The molecule has 8 rings (SSSR count). The minimum absolute atomic E-state index is 0. The summed E-state index contributed by atoms with van der Waals surface area (Å²) in [7, 11) is 0. The fourth-order valence-electron chi connectivity index (χ4n) is 6.10. The number of hydrogen-bond acceptors (Lipinski definition) is 5. The van der Waals surface area contributed by atoms with E-state index in [0.29, 0.717) is 17.5 Å². The van der Waals surface area contributed by atoms with Gasteiger partial charge in [0.2, 0.25) is 0 Å². The van der Waals surface area contributed by atoms with Gasteiger partial charge in [-0.15, -0.1) is 52.7 Å². The van der Waals surface area contributed by atoms with Crippen LogP contribution >= 0.6 is 11.3 Å². The van der Waals surface area contributed by atoms with Crippen LogP contribution in [-0.4, -0.2) is 20.5 Å². The second-order valence-corrected chi connectivity index (χ2v) is 14.0. The zero-order valence-electron chi connectivity index (χ0n) is 26.3. The Bertz CT molecular complexity index is 2280. The van der Waals surface area contributed by atoms with Gasteiger partial charge in [-0.05, 0) is 72.9 Å². The van der Waals surface area contributed by atoms with Gasteiger partial charge in [-0.3, -0.25) is 0 Å². The molecule has 0 bridgehead atoms. The number of thiophene rings is 1. The molecule has 0 saturated heterocycles. The van der Waals surface area contributed by atoms with Crippen molar-refractivity contribution in [3.05, 3.63) is 122 Å². The number of aromatic nitrogens is 2. The predicted octanol–water partition coefficient (Wildman–Crippen LogP) is 10.4. The van der Waals surface area contributed by atoms with Crippen LogP contribution in [0.4, 0.5) is 5.69 Å². The van der Waals surface area contributed by atoms with E-state index in [9.17, 15) is 0 Å². The van der Waals surface area contributed by atoms with Crippen molar-refractivity contribution in [1.82, 2.24) is 14.5 Å². The summed E-state index contributed by atoms with van der Waals surface area (Å²) in [5.74, 6) is 2.14. The maximum Gasteiger partial charge on any atom is 0.135 e. The number of nitrogens with zero attached hydrogens (tertiary/aromatic N) is 4. The van der Waals surface area contributed by atoms with E-state index in [1.165, 1.54) is 31.1 Å². The van der Waals surface area contributed by atoms with E-state index in [-0.39, 0.29) is 26.5 Å². The predicted molar refractivity (Wildman–Crippen MR) is 187 cm³/mol. The van der Waals surface area contributed by atoms with Crippen LogP contribution in [0, 0.1) is 18.8 Å². The molecule has 0 fully saturated rings. The van der Waals surface area contributed by atoms with Gasteiger partial charge in [0, 0.05) is 58.9 Å². The van der Waals surface area contributed by atoms with Gasteiger partial charge in [-0.1, -0.05) is 50.6 Å². The van der Waals surface area contributed by atoms with Crippen LogP contribution in [0.5, 0.6) is 11.5 Å². The molecule has 1 aliphatic heterocycles.